The number of aliphatic hydroxyl groups is 1. The van der Waals surface area contributed by atoms with E-state index in [9.17, 15) is 19.5 Å². The number of benzene rings is 1. The molecule has 4 rings (SSSR count). The molecule has 2 heterocycles. The number of aromatic nitrogens is 1. The molecule has 12 heteroatoms. The Hall–Kier alpha value is -2.80. The zero-order chi connectivity index (χ0) is 34.1. The van der Waals surface area contributed by atoms with Crippen molar-refractivity contribution in [1.29, 1.82) is 0 Å². The summed E-state index contributed by atoms with van der Waals surface area (Å²) in [5, 5.41) is 18.4. The summed E-state index contributed by atoms with van der Waals surface area (Å²) < 4.78 is 5.83. The largest absolute Gasteiger partial charge is 0.436 e. The van der Waals surface area contributed by atoms with Crippen LogP contribution in [0.1, 0.15) is 69.8 Å². The summed E-state index contributed by atoms with van der Waals surface area (Å²) in [6.45, 7) is 0.951. The Morgan fingerprint density at radius 1 is 0.958 bits per heavy atom. The standard InChI is InChI=1S/C36H53N5O5S2/c1-47-22-17-29(39-35(44)32(25-27-12-6-3-7-13-27)46-36(45)41-20-15-28(37)16-21-41)34(43)40-30(24-26-10-4-2-5-11-26)31(42)18-23-48-33-14-8-9-19-38-33/h3,6-9,12-14,19,26,28-32,42H,2,4-5,10-11,15-18,20-25,37H2,1H3,(H,39,44)(H,40,43)/t29-,30-,31-,32-/m0/s1. The SMILES string of the molecule is CSCC[C@H](NC(=O)[C@H](Cc1ccccc1)OC(=O)N1CCC(N)CC1)C(=O)N[C@@H](CC1CCCCC1)[C@@H](O)CCSc1ccccn1. The second-order valence-corrected chi connectivity index (χ2v) is 15.1. The predicted octanol–water partition coefficient (Wildman–Crippen LogP) is 4.79. The van der Waals surface area contributed by atoms with Gasteiger partial charge in [0.2, 0.25) is 5.91 Å². The van der Waals surface area contributed by atoms with Gasteiger partial charge in [-0.1, -0.05) is 68.5 Å². The number of hydrogen-bond donors (Lipinski definition) is 4. The Bertz CT molecular complexity index is 1250. The van der Waals surface area contributed by atoms with E-state index in [1.165, 1.54) is 6.42 Å². The molecule has 1 saturated heterocycles. The Morgan fingerprint density at radius 3 is 2.38 bits per heavy atom. The van der Waals surface area contributed by atoms with E-state index in [-0.39, 0.29) is 18.4 Å². The predicted molar refractivity (Wildman–Crippen MR) is 193 cm³/mol. The van der Waals surface area contributed by atoms with E-state index in [0.717, 1.165) is 36.3 Å². The van der Waals surface area contributed by atoms with Gasteiger partial charge in [-0.15, -0.1) is 11.8 Å². The number of nitrogens with two attached hydrogens (primary N) is 1. The second kappa shape index (κ2) is 20.7. The molecule has 1 aromatic heterocycles. The summed E-state index contributed by atoms with van der Waals surface area (Å²) in [7, 11) is 0. The van der Waals surface area contributed by atoms with Crippen molar-refractivity contribution in [3.8, 4) is 0 Å². The number of thioether (sulfide) groups is 2. The Kier molecular flexibility index (Phi) is 16.4. The minimum absolute atomic E-state index is 0.0493. The van der Waals surface area contributed by atoms with Crippen molar-refractivity contribution >= 4 is 41.4 Å². The number of nitrogens with one attached hydrogen (secondary N) is 2. The highest BCUT2D eigenvalue weighted by Crippen LogP contribution is 2.29. The number of carbonyl (C=O) groups is 3. The van der Waals surface area contributed by atoms with E-state index >= 15 is 0 Å². The number of carbonyl (C=O) groups excluding carboxylic acids is 3. The molecular weight excluding hydrogens is 647 g/mol. The molecule has 0 unspecified atom stereocenters. The van der Waals surface area contributed by atoms with Gasteiger partial charge in [0.15, 0.2) is 6.10 Å². The van der Waals surface area contributed by atoms with Gasteiger partial charge >= 0.3 is 6.09 Å². The molecular formula is C36H53N5O5S2. The average molecular weight is 700 g/mol. The maximum Gasteiger partial charge on any atom is 0.410 e. The van der Waals surface area contributed by atoms with E-state index in [1.54, 1.807) is 34.6 Å². The van der Waals surface area contributed by atoms with E-state index in [2.05, 4.69) is 15.6 Å². The third-order valence-corrected chi connectivity index (χ3v) is 10.9. The van der Waals surface area contributed by atoms with Crippen molar-refractivity contribution in [2.24, 2.45) is 11.7 Å². The Labute approximate surface area is 294 Å². The minimum atomic E-state index is -1.12. The topological polar surface area (TPSA) is 147 Å². The van der Waals surface area contributed by atoms with Gasteiger partial charge in [-0.05, 0) is 67.7 Å². The first-order valence-electron chi connectivity index (χ1n) is 17.4. The quantitative estimate of drug-likeness (QED) is 0.171. The molecule has 2 aromatic rings. The van der Waals surface area contributed by atoms with Crippen LogP contribution in [0.25, 0.3) is 0 Å². The highest BCUT2D eigenvalue weighted by molar-refractivity contribution is 7.99. The molecule has 3 amide bonds. The normalized spacial score (nSPS) is 18.4. The summed E-state index contributed by atoms with van der Waals surface area (Å²) in [5.74, 6) is 0.895. The lowest BCUT2D eigenvalue weighted by atomic mass is 9.83. The summed E-state index contributed by atoms with van der Waals surface area (Å²) in [5.41, 5.74) is 6.87. The van der Waals surface area contributed by atoms with Gasteiger partial charge in [-0.25, -0.2) is 9.78 Å². The molecule has 264 valence electrons. The first-order valence-corrected chi connectivity index (χ1v) is 19.8. The zero-order valence-electron chi connectivity index (χ0n) is 28.1. The van der Waals surface area contributed by atoms with Crippen LogP contribution in [0.2, 0.25) is 0 Å². The number of likely N-dealkylation sites (tertiary alicyclic amines) is 1. The lowest BCUT2D eigenvalue weighted by Crippen LogP contribution is -2.55. The van der Waals surface area contributed by atoms with Crippen LogP contribution < -0.4 is 16.4 Å². The fourth-order valence-electron chi connectivity index (χ4n) is 6.36. The van der Waals surface area contributed by atoms with Gasteiger partial charge in [0.25, 0.3) is 5.91 Å². The highest BCUT2D eigenvalue weighted by Gasteiger charge is 2.33. The number of pyridine rings is 1. The third-order valence-electron chi connectivity index (χ3n) is 9.25. The van der Waals surface area contributed by atoms with Crippen LogP contribution >= 0.6 is 23.5 Å². The minimum Gasteiger partial charge on any atom is -0.436 e. The Morgan fingerprint density at radius 2 is 1.69 bits per heavy atom. The molecule has 48 heavy (non-hydrogen) atoms. The average Bonchev–Trinajstić information content (AvgIpc) is 3.11. The number of amides is 3. The number of aliphatic hydroxyl groups excluding tert-OH is 1. The van der Waals surface area contributed by atoms with Crippen LogP contribution in [0.15, 0.2) is 59.8 Å². The van der Waals surface area contributed by atoms with Crippen LogP contribution in [-0.2, 0) is 20.7 Å². The van der Waals surface area contributed by atoms with E-state index < -0.39 is 36.3 Å². The molecule has 1 aromatic carbocycles. The molecule has 1 aliphatic heterocycles. The summed E-state index contributed by atoms with van der Waals surface area (Å²) in [6.07, 6.45) is 10.1. The van der Waals surface area contributed by atoms with E-state index in [4.69, 9.17) is 10.5 Å². The Balaban J connectivity index is 1.44. The van der Waals surface area contributed by atoms with Crippen molar-refractivity contribution in [2.75, 3.05) is 30.9 Å². The highest BCUT2D eigenvalue weighted by atomic mass is 32.2. The first-order chi connectivity index (χ1) is 23.3. The number of rotatable bonds is 17. The number of piperidine rings is 1. The van der Waals surface area contributed by atoms with Crippen molar-refractivity contribution < 1.29 is 24.2 Å². The molecule has 1 aliphatic carbocycles. The van der Waals surface area contributed by atoms with Gasteiger partial charge in [-0.2, -0.15) is 11.8 Å². The van der Waals surface area contributed by atoms with Crippen LogP contribution in [0.4, 0.5) is 4.79 Å². The lowest BCUT2D eigenvalue weighted by molar-refractivity contribution is -0.135. The van der Waals surface area contributed by atoms with Crippen LogP contribution in [0.5, 0.6) is 0 Å². The van der Waals surface area contributed by atoms with Crippen molar-refractivity contribution in [3.63, 3.8) is 0 Å². The number of ether oxygens (including phenoxy) is 1. The zero-order valence-corrected chi connectivity index (χ0v) is 29.8. The summed E-state index contributed by atoms with van der Waals surface area (Å²) in [4.78, 5) is 46.9. The number of hydrogen-bond acceptors (Lipinski definition) is 9. The number of nitrogens with zero attached hydrogens (tertiary/aromatic N) is 2. The molecule has 0 spiro atoms. The monoisotopic (exact) mass is 699 g/mol. The molecule has 10 nitrogen and oxygen atoms in total. The molecule has 0 radical (unpaired) electrons. The van der Waals surface area contributed by atoms with E-state index in [1.807, 2.05) is 54.8 Å². The van der Waals surface area contributed by atoms with Gasteiger partial charge in [0, 0.05) is 37.5 Å². The molecule has 2 fully saturated rings. The molecule has 0 bridgehead atoms. The van der Waals surface area contributed by atoms with Gasteiger partial charge in [0.1, 0.15) is 6.04 Å². The van der Waals surface area contributed by atoms with Crippen molar-refractivity contribution in [2.45, 2.75) is 106 Å². The second-order valence-electron chi connectivity index (χ2n) is 13.0. The van der Waals surface area contributed by atoms with Gasteiger partial charge in [0.05, 0.1) is 17.2 Å². The third kappa shape index (κ3) is 12.9. The molecule has 1 saturated carbocycles. The fraction of sp³-hybridized carbons (Fsp3) is 0.611. The van der Waals surface area contributed by atoms with Crippen molar-refractivity contribution in [1.82, 2.24) is 20.5 Å². The summed E-state index contributed by atoms with van der Waals surface area (Å²) in [6, 6.07) is 13.9. The van der Waals surface area contributed by atoms with Gasteiger partial charge < -0.3 is 31.1 Å². The van der Waals surface area contributed by atoms with Gasteiger partial charge in [-0.3, -0.25) is 9.59 Å². The van der Waals surface area contributed by atoms with Crippen LogP contribution in [-0.4, -0.2) is 94.1 Å². The molecule has 4 atom stereocenters. The van der Waals surface area contributed by atoms with E-state index in [0.29, 0.717) is 62.6 Å². The summed E-state index contributed by atoms with van der Waals surface area (Å²) >= 11 is 3.17. The van der Waals surface area contributed by atoms with Crippen LogP contribution in [0, 0.1) is 5.92 Å². The van der Waals surface area contributed by atoms with Crippen LogP contribution in [0.3, 0.4) is 0 Å². The fourth-order valence-corrected chi connectivity index (χ4v) is 7.71. The molecule has 2 aliphatic rings. The maximum absolute atomic E-state index is 13.9. The maximum atomic E-state index is 13.9. The molecule has 5 N–H and O–H groups in total. The lowest BCUT2D eigenvalue weighted by Gasteiger charge is -2.32. The first kappa shape index (κ1) is 38.0. The van der Waals surface area contributed by atoms with Crippen molar-refractivity contribution in [3.05, 3.63) is 60.3 Å². The smallest absolute Gasteiger partial charge is 0.410 e.